The van der Waals surface area contributed by atoms with Crippen LogP contribution in [-0.2, 0) is 13.1 Å². The van der Waals surface area contributed by atoms with Crippen LogP contribution < -0.4 is 10.7 Å². The molecular formula is C27H25F3N4O2. The van der Waals surface area contributed by atoms with Crippen LogP contribution in [0, 0.1) is 0 Å². The molecule has 0 aliphatic carbocycles. The molecule has 4 aromatic rings. The molecule has 0 bridgehead atoms. The van der Waals surface area contributed by atoms with Crippen LogP contribution in [0.1, 0.15) is 35.7 Å². The molecule has 0 spiro atoms. The van der Waals surface area contributed by atoms with E-state index in [1.807, 2.05) is 65.2 Å². The lowest BCUT2D eigenvalue weighted by Crippen LogP contribution is -2.39. The molecular weight excluding hydrogens is 469 g/mol. The van der Waals surface area contributed by atoms with Gasteiger partial charge in [0.25, 0.3) is 0 Å². The third-order valence-corrected chi connectivity index (χ3v) is 6.76. The van der Waals surface area contributed by atoms with Crippen molar-refractivity contribution in [1.82, 2.24) is 19.4 Å². The Bertz CT molecular complexity index is 1380. The molecule has 5 rings (SSSR count). The third kappa shape index (κ3) is 4.30. The normalized spacial score (nSPS) is 16.0. The number of benzene rings is 2. The number of pyridine rings is 1. The number of aromatic hydroxyl groups is 1. The molecule has 186 valence electrons. The minimum absolute atomic E-state index is 0.0699. The van der Waals surface area contributed by atoms with E-state index < -0.39 is 23.4 Å². The number of nitrogens with one attached hydrogen (secondary N) is 1. The van der Waals surface area contributed by atoms with Crippen LogP contribution in [0.15, 0.2) is 83.9 Å². The van der Waals surface area contributed by atoms with E-state index >= 15 is 0 Å². The summed E-state index contributed by atoms with van der Waals surface area (Å²) in [5.41, 5.74) is 2.31. The molecule has 3 heterocycles. The zero-order valence-corrected chi connectivity index (χ0v) is 19.5. The van der Waals surface area contributed by atoms with E-state index in [1.54, 1.807) is 10.8 Å². The molecule has 2 atom stereocenters. The van der Waals surface area contributed by atoms with Crippen molar-refractivity contribution in [1.29, 1.82) is 0 Å². The fraction of sp³-hybridized carbons (Fsp3) is 0.259. The van der Waals surface area contributed by atoms with Gasteiger partial charge < -0.3 is 19.6 Å². The van der Waals surface area contributed by atoms with Gasteiger partial charge in [-0.05, 0) is 18.1 Å². The van der Waals surface area contributed by atoms with Crippen molar-refractivity contribution in [3.05, 3.63) is 106 Å². The van der Waals surface area contributed by atoms with Crippen LogP contribution >= 0.6 is 0 Å². The molecule has 2 aromatic heterocycles. The van der Waals surface area contributed by atoms with Crippen LogP contribution in [-0.4, -0.2) is 31.4 Å². The summed E-state index contributed by atoms with van der Waals surface area (Å²) in [7, 11) is 0. The number of alkyl halides is 3. The minimum atomic E-state index is -4.38. The summed E-state index contributed by atoms with van der Waals surface area (Å²) in [5.74, 6) is -0.256. The summed E-state index contributed by atoms with van der Waals surface area (Å²) in [6, 6.07) is 19.1. The van der Waals surface area contributed by atoms with Gasteiger partial charge in [0, 0.05) is 31.3 Å². The highest BCUT2D eigenvalue weighted by molar-refractivity contribution is 5.62. The Morgan fingerprint density at radius 1 is 1.06 bits per heavy atom. The van der Waals surface area contributed by atoms with Gasteiger partial charge in [0.1, 0.15) is 11.7 Å². The summed E-state index contributed by atoms with van der Waals surface area (Å²) < 4.78 is 43.0. The molecule has 6 nitrogen and oxygen atoms in total. The molecule has 9 heteroatoms. The van der Waals surface area contributed by atoms with Gasteiger partial charge in [0.15, 0.2) is 11.6 Å². The summed E-state index contributed by atoms with van der Waals surface area (Å²) in [5, 5.41) is 13.3. The standard InChI is InChI=1S/C27H25F3N4O2/c1-17(27(28,29)30)31-14-20-15-32-26-24-25(36)22(35)12-13-33(24)21(16-34(20)26)23(18-8-4-2-5-9-18)19-10-6-3-7-11-19/h2-13,15,17,21,23,31,36H,14,16H2,1H3/t17-,21-/m1/s1. The number of rotatable bonds is 6. The predicted molar refractivity (Wildman–Crippen MR) is 130 cm³/mol. The number of aromatic nitrogens is 3. The molecule has 0 unspecified atom stereocenters. The lowest BCUT2D eigenvalue weighted by molar-refractivity contribution is -0.151. The highest BCUT2D eigenvalue weighted by Gasteiger charge is 2.37. The summed E-state index contributed by atoms with van der Waals surface area (Å²) >= 11 is 0. The van der Waals surface area contributed by atoms with E-state index in [-0.39, 0.29) is 24.2 Å². The van der Waals surface area contributed by atoms with Crippen LogP contribution in [0.5, 0.6) is 5.75 Å². The smallest absolute Gasteiger partial charge is 0.403 e. The largest absolute Gasteiger partial charge is 0.503 e. The molecule has 0 fully saturated rings. The Morgan fingerprint density at radius 2 is 1.67 bits per heavy atom. The number of fused-ring (bicyclic) bond motifs is 3. The van der Waals surface area contributed by atoms with Gasteiger partial charge in [-0.25, -0.2) is 4.98 Å². The first kappa shape index (κ1) is 23.9. The minimum Gasteiger partial charge on any atom is -0.503 e. The monoisotopic (exact) mass is 494 g/mol. The average Bonchev–Trinajstić information content (AvgIpc) is 3.28. The third-order valence-electron chi connectivity index (χ3n) is 6.76. The lowest BCUT2D eigenvalue weighted by atomic mass is 9.83. The Hall–Kier alpha value is -3.85. The molecule has 1 aliphatic heterocycles. The van der Waals surface area contributed by atoms with E-state index in [0.717, 1.165) is 18.1 Å². The maximum Gasteiger partial charge on any atom is 0.403 e. The first-order valence-electron chi connectivity index (χ1n) is 11.6. The molecule has 0 saturated carbocycles. The van der Waals surface area contributed by atoms with Crippen molar-refractivity contribution in [3.8, 4) is 17.3 Å². The van der Waals surface area contributed by atoms with Crippen LogP contribution in [0.3, 0.4) is 0 Å². The van der Waals surface area contributed by atoms with E-state index in [0.29, 0.717) is 18.1 Å². The lowest BCUT2D eigenvalue weighted by Gasteiger charge is -2.36. The van der Waals surface area contributed by atoms with Crippen molar-refractivity contribution in [2.24, 2.45) is 0 Å². The number of hydrogen-bond acceptors (Lipinski definition) is 4. The number of nitrogens with zero attached hydrogens (tertiary/aromatic N) is 3. The number of halogens is 3. The fourth-order valence-electron chi connectivity index (χ4n) is 4.85. The van der Waals surface area contributed by atoms with Gasteiger partial charge >= 0.3 is 6.18 Å². The Kier molecular flexibility index (Phi) is 6.17. The predicted octanol–water partition coefficient (Wildman–Crippen LogP) is 4.84. The Labute approximate surface area is 205 Å². The van der Waals surface area contributed by atoms with Gasteiger partial charge in [0.05, 0.1) is 17.9 Å². The summed E-state index contributed by atoms with van der Waals surface area (Å²) in [6.45, 7) is 1.38. The SMILES string of the molecule is C[C@@H](NCc1cnc2n1C[C@H](C(c1ccccc1)c1ccccc1)n1ccc(=O)c(O)c1-2)C(F)(F)F. The molecule has 0 saturated heterocycles. The Morgan fingerprint density at radius 3 is 2.25 bits per heavy atom. The van der Waals surface area contributed by atoms with Crippen molar-refractivity contribution < 1.29 is 18.3 Å². The maximum absolute atomic E-state index is 13.1. The second-order valence-electron chi connectivity index (χ2n) is 8.98. The summed E-state index contributed by atoms with van der Waals surface area (Å²) in [6.07, 6.45) is -1.23. The van der Waals surface area contributed by atoms with Gasteiger partial charge in [-0.1, -0.05) is 60.7 Å². The number of imidazole rings is 1. The van der Waals surface area contributed by atoms with Gasteiger partial charge in [-0.2, -0.15) is 13.2 Å². The van der Waals surface area contributed by atoms with E-state index in [4.69, 9.17) is 0 Å². The highest BCUT2D eigenvalue weighted by Crippen LogP contribution is 2.43. The topological polar surface area (TPSA) is 72.1 Å². The van der Waals surface area contributed by atoms with Gasteiger partial charge in [0.2, 0.25) is 5.43 Å². The quantitative estimate of drug-likeness (QED) is 0.402. The Balaban J connectivity index is 1.64. The maximum atomic E-state index is 13.1. The van der Waals surface area contributed by atoms with Gasteiger partial charge in [-0.15, -0.1) is 0 Å². The second kappa shape index (κ2) is 9.31. The molecule has 1 aliphatic rings. The molecule has 2 N–H and O–H groups in total. The average molecular weight is 495 g/mol. The first-order valence-corrected chi connectivity index (χ1v) is 11.6. The highest BCUT2D eigenvalue weighted by atomic mass is 19.4. The van der Waals surface area contributed by atoms with E-state index in [9.17, 15) is 23.1 Å². The zero-order valence-electron chi connectivity index (χ0n) is 19.5. The van der Waals surface area contributed by atoms with Gasteiger partial charge in [-0.3, -0.25) is 4.79 Å². The van der Waals surface area contributed by atoms with Crippen LogP contribution in [0.25, 0.3) is 11.5 Å². The van der Waals surface area contributed by atoms with Crippen molar-refractivity contribution in [2.45, 2.75) is 44.2 Å². The molecule has 2 aromatic carbocycles. The van der Waals surface area contributed by atoms with E-state index in [2.05, 4.69) is 10.3 Å². The van der Waals surface area contributed by atoms with Crippen molar-refractivity contribution >= 4 is 0 Å². The molecule has 0 radical (unpaired) electrons. The van der Waals surface area contributed by atoms with Crippen molar-refractivity contribution in [3.63, 3.8) is 0 Å². The second-order valence-corrected chi connectivity index (χ2v) is 8.98. The molecule has 0 amide bonds. The van der Waals surface area contributed by atoms with E-state index in [1.165, 1.54) is 12.3 Å². The first-order chi connectivity index (χ1) is 17.3. The number of hydrogen-bond donors (Lipinski definition) is 2. The molecule has 36 heavy (non-hydrogen) atoms. The summed E-state index contributed by atoms with van der Waals surface area (Å²) in [4.78, 5) is 16.8. The van der Waals surface area contributed by atoms with Crippen LogP contribution in [0.2, 0.25) is 0 Å². The van der Waals surface area contributed by atoms with Crippen molar-refractivity contribution in [2.75, 3.05) is 0 Å². The fourth-order valence-corrected chi connectivity index (χ4v) is 4.85. The van der Waals surface area contributed by atoms with Crippen LogP contribution in [0.4, 0.5) is 13.2 Å². The zero-order chi connectivity index (χ0) is 25.4.